The maximum Gasteiger partial charge on any atom is 0.310 e. The molecule has 72 valence electrons. The first-order chi connectivity index (χ1) is 6.07. The van der Waals surface area contributed by atoms with Gasteiger partial charge in [0.2, 0.25) is 0 Å². The van der Waals surface area contributed by atoms with Gasteiger partial charge in [-0.15, -0.1) is 0 Å². The van der Waals surface area contributed by atoms with Gasteiger partial charge in [0.25, 0.3) is 0 Å². The fourth-order valence-electron chi connectivity index (χ4n) is 1.03. The van der Waals surface area contributed by atoms with Crippen molar-refractivity contribution in [2.24, 2.45) is 0 Å². The molecule has 1 aromatic rings. The second kappa shape index (κ2) is 3.91. The molecule has 1 heterocycles. The molecule has 1 unspecified atom stereocenters. The summed E-state index contributed by atoms with van der Waals surface area (Å²) >= 11 is 3.32. The topological polar surface area (TPSA) is 55.1 Å². The average Bonchev–Trinajstić information content (AvgIpc) is 2.45. The number of nitrogens with zero attached hydrogens (tertiary/aromatic N) is 2. The van der Waals surface area contributed by atoms with Crippen LogP contribution < -0.4 is 0 Å². The average molecular weight is 247 g/mol. The van der Waals surface area contributed by atoms with E-state index in [0.29, 0.717) is 5.56 Å². The molecule has 0 aliphatic carbocycles. The predicted molar refractivity (Wildman–Crippen MR) is 51.7 cm³/mol. The maximum absolute atomic E-state index is 10.7. The Hall–Kier alpha value is -0.840. The molecular weight excluding hydrogens is 236 g/mol. The van der Waals surface area contributed by atoms with Crippen molar-refractivity contribution in [2.75, 3.05) is 0 Å². The molecule has 5 heteroatoms. The summed E-state index contributed by atoms with van der Waals surface area (Å²) in [5.41, 5.74) is 0.717. The Morgan fingerprint density at radius 1 is 1.85 bits per heavy atom. The highest BCUT2D eigenvalue weighted by molar-refractivity contribution is 9.10. The summed E-state index contributed by atoms with van der Waals surface area (Å²) in [6, 6.07) is 0. The second-order valence-corrected chi connectivity index (χ2v) is 3.52. The molecule has 0 amide bonds. The Bertz CT molecular complexity index is 322. The van der Waals surface area contributed by atoms with Crippen LogP contribution in [0.1, 0.15) is 25.3 Å². The first-order valence-corrected chi connectivity index (χ1v) is 4.81. The van der Waals surface area contributed by atoms with Crippen LogP contribution in [-0.4, -0.2) is 20.9 Å². The van der Waals surface area contributed by atoms with Crippen molar-refractivity contribution in [1.29, 1.82) is 0 Å². The van der Waals surface area contributed by atoms with Crippen LogP contribution >= 0.6 is 15.9 Å². The van der Waals surface area contributed by atoms with Crippen LogP contribution in [0.2, 0.25) is 0 Å². The summed E-state index contributed by atoms with van der Waals surface area (Å²) < 4.78 is 2.47. The zero-order chi connectivity index (χ0) is 10.0. The Balaban J connectivity index is 3.02. The number of carboxylic acid groups (broad SMARTS) is 1. The van der Waals surface area contributed by atoms with Crippen molar-refractivity contribution in [3.05, 3.63) is 16.4 Å². The largest absolute Gasteiger partial charge is 0.481 e. The number of hydrogen-bond donors (Lipinski definition) is 1. The molecule has 0 saturated heterocycles. The van der Waals surface area contributed by atoms with Gasteiger partial charge in [0.15, 0.2) is 0 Å². The standard InChI is InChI=1S/C8H11BrN2O2/c1-3-11-7(9)6(4-10-11)5(2)8(12)13/h4-5H,3H2,1-2H3,(H,12,13). The van der Waals surface area contributed by atoms with Gasteiger partial charge in [-0.3, -0.25) is 9.48 Å². The van der Waals surface area contributed by atoms with Crippen molar-refractivity contribution < 1.29 is 9.90 Å². The third-order valence-corrected chi connectivity index (χ3v) is 2.80. The van der Waals surface area contributed by atoms with Gasteiger partial charge in [-0.05, 0) is 29.8 Å². The van der Waals surface area contributed by atoms with E-state index in [4.69, 9.17) is 5.11 Å². The fourth-order valence-corrected chi connectivity index (χ4v) is 1.82. The van der Waals surface area contributed by atoms with Gasteiger partial charge in [0.1, 0.15) is 4.60 Å². The van der Waals surface area contributed by atoms with Gasteiger partial charge in [-0.1, -0.05) is 0 Å². The molecule has 0 saturated carbocycles. The van der Waals surface area contributed by atoms with E-state index in [0.717, 1.165) is 11.1 Å². The number of aliphatic carboxylic acids is 1. The molecular formula is C8H11BrN2O2. The van der Waals surface area contributed by atoms with Crippen molar-refractivity contribution in [3.8, 4) is 0 Å². The normalized spacial score (nSPS) is 12.8. The SMILES string of the molecule is CCn1ncc(C(C)C(=O)O)c1Br. The number of carbonyl (C=O) groups is 1. The molecule has 0 radical (unpaired) electrons. The van der Waals surface area contributed by atoms with Crippen LogP contribution in [0.4, 0.5) is 0 Å². The molecule has 13 heavy (non-hydrogen) atoms. The molecule has 1 N–H and O–H groups in total. The lowest BCUT2D eigenvalue weighted by atomic mass is 10.1. The molecule has 0 spiro atoms. The highest BCUT2D eigenvalue weighted by atomic mass is 79.9. The first-order valence-electron chi connectivity index (χ1n) is 4.02. The Morgan fingerprint density at radius 3 is 2.85 bits per heavy atom. The lowest BCUT2D eigenvalue weighted by Gasteiger charge is -2.04. The summed E-state index contributed by atoms with van der Waals surface area (Å²) in [4.78, 5) is 10.7. The third kappa shape index (κ3) is 1.91. The van der Waals surface area contributed by atoms with Crippen LogP contribution in [0.3, 0.4) is 0 Å². The minimum Gasteiger partial charge on any atom is -0.481 e. The summed E-state index contributed by atoms with van der Waals surface area (Å²) in [5.74, 6) is -1.36. The van der Waals surface area contributed by atoms with E-state index in [1.165, 1.54) is 0 Å². The molecule has 0 aliphatic heterocycles. The number of halogens is 1. The number of rotatable bonds is 3. The molecule has 0 bridgehead atoms. The van der Waals surface area contributed by atoms with E-state index in [1.54, 1.807) is 17.8 Å². The van der Waals surface area contributed by atoms with E-state index in [-0.39, 0.29) is 0 Å². The Morgan fingerprint density at radius 2 is 2.46 bits per heavy atom. The summed E-state index contributed by atoms with van der Waals surface area (Å²) in [6.07, 6.45) is 1.59. The van der Waals surface area contributed by atoms with Gasteiger partial charge in [-0.2, -0.15) is 5.10 Å². The van der Waals surface area contributed by atoms with E-state index in [9.17, 15) is 4.79 Å². The summed E-state index contributed by atoms with van der Waals surface area (Å²) in [5, 5.41) is 12.8. The number of hydrogen-bond acceptors (Lipinski definition) is 2. The maximum atomic E-state index is 10.7. The molecule has 4 nitrogen and oxygen atoms in total. The minimum atomic E-state index is -0.837. The monoisotopic (exact) mass is 246 g/mol. The summed E-state index contributed by atoms with van der Waals surface area (Å²) in [7, 11) is 0. The number of aromatic nitrogens is 2. The van der Waals surface area contributed by atoms with Gasteiger partial charge < -0.3 is 5.11 Å². The molecule has 1 rings (SSSR count). The van der Waals surface area contributed by atoms with Gasteiger partial charge >= 0.3 is 5.97 Å². The van der Waals surface area contributed by atoms with Crippen LogP contribution in [0, 0.1) is 0 Å². The smallest absolute Gasteiger partial charge is 0.310 e. The molecule has 1 aromatic heterocycles. The van der Waals surface area contributed by atoms with Gasteiger partial charge in [0, 0.05) is 12.1 Å². The number of aryl methyl sites for hydroxylation is 1. The van der Waals surface area contributed by atoms with Gasteiger partial charge in [-0.25, -0.2) is 0 Å². The van der Waals surface area contributed by atoms with Crippen LogP contribution in [0.25, 0.3) is 0 Å². The van der Waals surface area contributed by atoms with E-state index >= 15 is 0 Å². The highest BCUT2D eigenvalue weighted by Gasteiger charge is 2.19. The van der Waals surface area contributed by atoms with Crippen LogP contribution in [0.15, 0.2) is 10.8 Å². The van der Waals surface area contributed by atoms with Gasteiger partial charge in [0.05, 0.1) is 12.1 Å². The molecule has 0 aromatic carbocycles. The van der Waals surface area contributed by atoms with E-state index in [1.807, 2.05) is 6.92 Å². The Kier molecular flexibility index (Phi) is 3.08. The highest BCUT2D eigenvalue weighted by Crippen LogP contribution is 2.24. The zero-order valence-corrected chi connectivity index (χ0v) is 9.08. The number of carboxylic acids is 1. The Labute approximate surface area is 84.7 Å². The predicted octanol–water partition coefficient (Wildman–Crippen LogP) is 1.85. The lowest BCUT2D eigenvalue weighted by Crippen LogP contribution is -2.07. The zero-order valence-electron chi connectivity index (χ0n) is 7.49. The minimum absolute atomic E-state index is 0.519. The van der Waals surface area contributed by atoms with E-state index in [2.05, 4.69) is 21.0 Å². The summed E-state index contributed by atoms with van der Waals surface area (Å²) in [6.45, 7) is 4.32. The second-order valence-electron chi connectivity index (χ2n) is 2.77. The molecule has 0 fully saturated rings. The quantitative estimate of drug-likeness (QED) is 0.886. The lowest BCUT2D eigenvalue weighted by molar-refractivity contribution is -0.138. The molecule has 0 aliphatic rings. The molecule has 1 atom stereocenters. The van der Waals surface area contributed by atoms with Crippen molar-refractivity contribution >= 4 is 21.9 Å². The van der Waals surface area contributed by atoms with Crippen molar-refractivity contribution in [2.45, 2.75) is 26.3 Å². The van der Waals surface area contributed by atoms with Crippen molar-refractivity contribution in [1.82, 2.24) is 9.78 Å². The third-order valence-electron chi connectivity index (χ3n) is 1.94. The fraction of sp³-hybridized carbons (Fsp3) is 0.500. The van der Waals surface area contributed by atoms with Crippen LogP contribution in [0.5, 0.6) is 0 Å². The van der Waals surface area contributed by atoms with Crippen LogP contribution in [-0.2, 0) is 11.3 Å². The van der Waals surface area contributed by atoms with Crippen molar-refractivity contribution in [3.63, 3.8) is 0 Å². The van der Waals surface area contributed by atoms with E-state index < -0.39 is 11.9 Å². The first kappa shape index (κ1) is 10.2.